The minimum absolute atomic E-state index is 0.0513. The normalized spacial score (nSPS) is 15.0. The summed E-state index contributed by atoms with van der Waals surface area (Å²) < 4.78 is 12.4. The van der Waals surface area contributed by atoms with Crippen LogP contribution in [0.1, 0.15) is 23.6 Å². The minimum atomic E-state index is -0.0917. The van der Waals surface area contributed by atoms with E-state index < -0.39 is 0 Å². The van der Waals surface area contributed by atoms with Gasteiger partial charge in [-0.3, -0.25) is 0 Å². The van der Waals surface area contributed by atoms with Gasteiger partial charge in [0.1, 0.15) is 0 Å². The summed E-state index contributed by atoms with van der Waals surface area (Å²) >= 11 is 3.55. The number of hydrogen-bond acceptors (Lipinski definition) is 4. The second-order valence-electron chi connectivity index (χ2n) is 5.48. The van der Waals surface area contributed by atoms with Gasteiger partial charge in [-0.1, -0.05) is 30.3 Å². The highest BCUT2D eigenvalue weighted by Gasteiger charge is 2.16. The van der Waals surface area contributed by atoms with Crippen LogP contribution in [0.3, 0.4) is 0 Å². The maximum atomic E-state index is 9.62. The average Bonchev–Trinajstić information content (AvgIpc) is 2.82. The number of benzene rings is 2. The van der Waals surface area contributed by atoms with Gasteiger partial charge in [0, 0.05) is 13.0 Å². The highest BCUT2D eigenvalue weighted by Crippen LogP contribution is 2.38. The molecule has 122 valence electrons. The summed E-state index contributed by atoms with van der Waals surface area (Å²) in [5.41, 5.74) is 2.15. The van der Waals surface area contributed by atoms with Gasteiger partial charge in [0.15, 0.2) is 11.5 Å². The van der Waals surface area contributed by atoms with Crippen molar-refractivity contribution in [3.05, 3.63) is 58.1 Å². The van der Waals surface area contributed by atoms with Crippen molar-refractivity contribution in [3.8, 4) is 11.5 Å². The maximum Gasteiger partial charge on any atom is 0.175 e. The van der Waals surface area contributed by atoms with Gasteiger partial charge in [-0.2, -0.15) is 0 Å². The molecule has 1 unspecified atom stereocenters. The van der Waals surface area contributed by atoms with Crippen molar-refractivity contribution in [2.75, 3.05) is 19.8 Å². The zero-order valence-electron chi connectivity index (χ0n) is 12.8. The fraction of sp³-hybridized carbons (Fsp3) is 0.333. The summed E-state index contributed by atoms with van der Waals surface area (Å²) in [5.74, 6) is 1.54. The van der Waals surface area contributed by atoms with Crippen molar-refractivity contribution >= 4 is 15.9 Å². The van der Waals surface area contributed by atoms with Crippen molar-refractivity contribution < 1.29 is 14.6 Å². The number of aliphatic hydroxyl groups is 1. The van der Waals surface area contributed by atoms with Crippen molar-refractivity contribution in [3.63, 3.8) is 0 Å². The number of ether oxygens (including phenoxy) is 2. The lowest BCUT2D eigenvalue weighted by Crippen LogP contribution is -2.24. The Morgan fingerprint density at radius 3 is 2.70 bits per heavy atom. The van der Waals surface area contributed by atoms with Crippen LogP contribution in [0.15, 0.2) is 46.9 Å². The molecule has 0 saturated carbocycles. The van der Waals surface area contributed by atoms with Gasteiger partial charge < -0.3 is 19.9 Å². The van der Waals surface area contributed by atoms with Gasteiger partial charge in [-0.05, 0) is 39.2 Å². The number of aliphatic hydroxyl groups excluding tert-OH is 1. The Morgan fingerprint density at radius 1 is 1.13 bits per heavy atom. The van der Waals surface area contributed by atoms with E-state index >= 15 is 0 Å². The summed E-state index contributed by atoms with van der Waals surface area (Å²) in [4.78, 5) is 0. The van der Waals surface area contributed by atoms with Gasteiger partial charge >= 0.3 is 0 Å². The molecule has 2 aromatic rings. The minimum Gasteiger partial charge on any atom is -0.490 e. The first kappa shape index (κ1) is 16.3. The lowest BCUT2D eigenvalue weighted by atomic mass is 10.1. The van der Waals surface area contributed by atoms with Crippen LogP contribution >= 0.6 is 15.9 Å². The molecule has 0 aromatic heterocycles. The van der Waals surface area contributed by atoms with Crippen LogP contribution < -0.4 is 14.8 Å². The number of fused-ring (bicyclic) bond motifs is 1. The fourth-order valence-electron chi connectivity index (χ4n) is 2.60. The summed E-state index contributed by atoms with van der Waals surface area (Å²) in [6.07, 6.45) is 0.884. The molecule has 1 aliphatic heterocycles. The third-order valence-corrected chi connectivity index (χ3v) is 4.39. The summed E-state index contributed by atoms with van der Waals surface area (Å²) in [6, 6.07) is 13.9. The predicted octanol–water partition coefficient (Wildman–Crippen LogP) is 3.43. The zero-order valence-corrected chi connectivity index (χ0v) is 14.4. The first-order chi connectivity index (χ1) is 11.3. The summed E-state index contributed by atoms with van der Waals surface area (Å²) in [6.45, 7) is 2.02. The molecule has 1 aliphatic rings. The van der Waals surface area contributed by atoms with Crippen molar-refractivity contribution in [2.24, 2.45) is 0 Å². The molecule has 23 heavy (non-hydrogen) atoms. The standard InChI is InChI=1S/C18H20BrNO3/c19-15-9-13(10-17-18(15)23-8-4-7-22-17)11-20-16(12-21)14-5-2-1-3-6-14/h1-3,5-6,9-10,16,20-21H,4,7-8,11-12H2. The van der Waals surface area contributed by atoms with Gasteiger partial charge in [0.2, 0.25) is 0 Å². The largest absolute Gasteiger partial charge is 0.490 e. The molecule has 4 nitrogen and oxygen atoms in total. The van der Waals surface area contributed by atoms with E-state index in [1.54, 1.807) is 0 Å². The van der Waals surface area contributed by atoms with E-state index in [4.69, 9.17) is 9.47 Å². The Kier molecular flexibility index (Phi) is 5.54. The smallest absolute Gasteiger partial charge is 0.175 e. The zero-order chi connectivity index (χ0) is 16.1. The van der Waals surface area contributed by atoms with E-state index in [0.717, 1.165) is 33.5 Å². The molecule has 5 heteroatoms. The lowest BCUT2D eigenvalue weighted by molar-refractivity contribution is 0.243. The van der Waals surface area contributed by atoms with Crippen LogP contribution in [-0.2, 0) is 6.54 Å². The second-order valence-corrected chi connectivity index (χ2v) is 6.34. The SMILES string of the molecule is OCC(NCc1cc(Br)c2c(c1)OCCCO2)c1ccccc1. The average molecular weight is 378 g/mol. The molecule has 0 bridgehead atoms. The van der Waals surface area contributed by atoms with E-state index in [9.17, 15) is 5.11 Å². The molecule has 0 radical (unpaired) electrons. The van der Waals surface area contributed by atoms with Gasteiger partial charge in [-0.15, -0.1) is 0 Å². The molecule has 2 aromatic carbocycles. The molecule has 1 atom stereocenters. The Bertz CT molecular complexity index is 648. The molecular weight excluding hydrogens is 358 g/mol. The Hall–Kier alpha value is -1.56. The topological polar surface area (TPSA) is 50.7 Å². The van der Waals surface area contributed by atoms with Crippen LogP contribution in [0.4, 0.5) is 0 Å². The van der Waals surface area contributed by atoms with Gasteiger partial charge in [0.05, 0.1) is 30.3 Å². The first-order valence-corrected chi connectivity index (χ1v) is 8.54. The Morgan fingerprint density at radius 2 is 1.91 bits per heavy atom. The summed E-state index contributed by atoms with van der Waals surface area (Å²) in [7, 11) is 0. The Labute approximate surface area is 144 Å². The van der Waals surface area contributed by atoms with Crippen LogP contribution in [0, 0.1) is 0 Å². The van der Waals surface area contributed by atoms with Crippen molar-refractivity contribution in [1.82, 2.24) is 5.32 Å². The predicted molar refractivity (Wildman–Crippen MR) is 92.9 cm³/mol. The number of halogens is 1. The number of rotatable bonds is 5. The maximum absolute atomic E-state index is 9.62. The number of hydrogen-bond donors (Lipinski definition) is 2. The van der Waals surface area contributed by atoms with E-state index in [1.807, 2.05) is 42.5 Å². The Balaban J connectivity index is 1.73. The molecule has 0 spiro atoms. The second kappa shape index (κ2) is 7.81. The number of nitrogens with one attached hydrogen (secondary N) is 1. The molecule has 0 fully saturated rings. The van der Waals surface area contributed by atoms with E-state index in [1.165, 1.54) is 0 Å². The highest BCUT2D eigenvalue weighted by molar-refractivity contribution is 9.10. The molecule has 1 heterocycles. The fourth-order valence-corrected chi connectivity index (χ4v) is 3.20. The van der Waals surface area contributed by atoms with Crippen molar-refractivity contribution in [2.45, 2.75) is 19.0 Å². The van der Waals surface area contributed by atoms with Gasteiger partial charge in [-0.25, -0.2) is 0 Å². The van der Waals surface area contributed by atoms with E-state index in [0.29, 0.717) is 19.8 Å². The van der Waals surface area contributed by atoms with Crippen LogP contribution in [0.5, 0.6) is 11.5 Å². The monoisotopic (exact) mass is 377 g/mol. The summed E-state index contributed by atoms with van der Waals surface area (Å²) in [5, 5.41) is 13.0. The first-order valence-electron chi connectivity index (χ1n) is 7.75. The van der Waals surface area contributed by atoms with E-state index in [2.05, 4.69) is 21.2 Å². The highest BCUT2D eigenvalue weighted by atomic mass is 79.9. The lowest BCUT2D eigenvalue weighted by Gasteiger charge is -2.18. The molecular formula is C18H20BrNO3. The van der Waals surface area contributed by atoms with Crippen LogP contribution in [0.25, 0.3) is 0 Å². The van der Waals surface area contributed by atoms with Crippen molar-refractivity contribution in [1.29, 1.82) is 0 Å². The van der Waals surface area contributed by atoms with E-state index in [-0.39, 0.29) is 12.6 Å². The van der Waals surface area contributed by atoms with Crippen LogP contribution in [0.2, 0.25) is 0 Å². The molecule has 3 rings (SSSR count). The molecule has 2 N–H and O–H groups in total. The van der Waals surface area contributed by atoms with Gasteiger partial charge in [0.25, 0.3) is 0 Å². The quantitative estimate of drug-likeness (QED) is 0.837. The molecule has 0 aliphatic carbocycles. The van der Waals surface area contributed by atoms with Crippen LogP contribution in [-0.4, -0.2) is 24.9 Å². The third kappa shape index (κ3) is 4.05. The third-order valence-electron chi connectivity index (χ3n) is 3.80. The molecule has 0 saturated heterocycles. The molecule has 0 amide bonds.